The Labute approximate surface area is 94.6 Å². The minimum absolute atomic E-state index is 0.0180. The van der Waals surface area contributed by atoms with E-state index in [1.165, 1.54) is 6.07 Å². The first-order valence-corrected chi connectivity index (χ1v) is 5.41. The number of rotatable bonds is 6. The number of benzene rings is 1. The zero-order valence-electron chi connectivity index (χ0n) is 9.59. The van der Waals surface area contributed by atoms with Gasteiger partial charge in [-0.3, -0.25) is 0 Å². The van der Waals surface area contributed by atoms with E-state index in [0.29, 0.717) is 19.8 Å². The van der Waals surface area contributed by atoms with Gasteiger partial charge in [-0.1, -0.05) is 6.07 Å². The predicted molar refractivity (Wildman–Crippen MR) is 59.3 cm³/mol. The van der Waals surface area contributed by atoms with Crippen molar-refractivity contribution in [2.45, 2.75) is 19.9 Å². The van der Waals surface area contributed by atoms with Gasteiger partial charge in [-0.25, -0.2) is 8.78 Å². The van der Waals surface area contributed by atoms with Crippen LogP contribution in [0.2, 0.25) is 0 Å². The van der Waals surface area contributed by atoms with Gasteiger partial charge in [-0.15, -0.1) is 0 Å². The molecule has 1 N–H and O–H groups in total. The molecule has 0 saturated carbocycles. The predicted octanol–water partition coefficient (Wildman–Crippen LogP) is 2.65. The molecule has 90 valence electrons. The first-order valence-electron chi connectivity index (χ1n) is 5.41. The third-order valence-electron chi connectivity index (χ3n) is 2.34. The van der Waals surface area contributed by atoms with Gasteiger partial charge in [0.05, 0.1) is 6.61 Å². The topological polar surface area (TPSA) is 21.3 Å². The second kappa shape index (κ2) is 6.55. The second-order valence-electron chi connectivity index (χ2n) is 3.55. The minimum atomic E-state index is -0.815. The van der Waals surface area contributed by atoms with E-state index < -0.39 is 11.6 Å². The fourth-order valence-corrected chi connectivity index (χ4v) is 1.39. The summed E-state index contributed by atoms with van der Waals surface area (Å²) in [6.45, 7) is 5.82. The van der Waals surface area contributed by atoms with E-state index in [1.54, 1.807) is 6.07 Å². The molecule has 1 atom stereocenters. The Balaban J connectivity index is 2.46. The zero-order chi connectivity index (χ0) is 12.0. The van der Waals surface area contributed by atoms with Gasteiger partial charge in [-0.05, 0) is 31.5 Å². The van der Waals surface area contributed by atoms with Gasteiger partial charge < -0.3 is 10.1 Å². The Hall–Kier alpha value is -1.00. The average molecular weight is 229 g/mol. The molecular weight excluding hydrogens is 212 g/mol. The maximum absolute atomic E-state index is 13.0. The number of hydrogen-bond acceptors (Lipinski definition) is 2. The molecule has 0 aliphatic rings. The standard InChI is InChI=1S/C12H17F2NO/c1-3-16-7-6-15-9(2)10-4-5-11(13)12(14)8-10/h4-5,8-9,15H,3,6-7H2,1-2H3. The SMILES string of the molecule is CCOCCNC(C)c1ccc(F)c(F)c1. The molecule has 0 aliphatic heterocycles. The highest BCUT2D eigenvalue weighted by atomic mass is 19.2. The van der Waals surface area contributed by atoms with Crippen molar-refractivity contribution in [1.29, 1.82) is 0 Å². The zero-order valence-corrected chi connectivity index (χ0v) is 9.59. The lowest BCUT2D eigenvalue weighted by molar-refractivity contribution is 0.147. The summed E-state index contributed by atoms with van der Waals surface area (Å²) in [5.74, 6) is -1.62. The molecule has 0 bridgehead atoms. The highest BCUT2D eigenvalue weighted by molar-refractivity contribution is 5.20. The number of hydrogen-bond donors (Lipinski definition) is 1. The lowest BCUT2D eigenvalue weighted by Crippen LogP contribution is -2.23. The van der Waals surface area contributed by atoms with Crippen LogP contribution in [0.15, 0.2) is 18.2 Å². The van der Waals surface area contributed by atoms with E-state index >= 15 is 0 Å². The summed E-state index contributed by atoms with van der Waals surface area (Å²) in [7, 11) is 0. The second-order valence-corrected chi connectivity index (χ2v) is 3.55. The summed E-state index contributed by atoms with van der Waals surface area (Å²) in [5, 5.41) is 3.17. The Morgan fingerprint density at radius 3 is 2.69 bits per heavy atom. The lowest BCUT2D eigenvalue weighted by Gasteiger charge is -2.14. The fraction of sp³-hybridized carbons (Fsp3) is 0.500. The van der Waals surface area contributed by atoms with Gasteiger partial charge in [0, 0.05) is 19.2 Å². The molecule has 1 aromatic carbocycles. The molecule has 0 heterocycles. The molecule has 0 radical (unpaired) electrons. The largest absolute Gasteiger partial charge is 0.380 e. The van der Waals surface area contributed by atoms with E-state index in [-0.39, 0.29) is 6.04 Å². The van der Waals surface area contributed by atoms with Crippen molar-refractivity contribution in [1.82, 2.24) is 5.32 Å². The number of nitrogens with one attached hydrogen (secondary N) is 1. The van der Waals surface area contributed by atoms with Crippen LogP contribution in [0.5, 0.6) is 0 Å². The smallest absolute Gasteiger partial charge is 0.159 e. The Morgan fingerprint density at radius 1 is 1.31 bits per heavy atom. The molecule has 0 amide bonds. The molecule has 0 fully saturated rings. The highest BCUT2D eigenvalue weighted by Crippen LogP contribution is 2.15. The molecule has 16 heavy (non-hydrogen) atoms. The molecule has 4 heteroatoms. The Bertz CT molecular complexity index is 331. The van der Waals surface area contributed by atoms with Crippen LogP contribution in [-0.2, 0) is 4.74 Å². The van der Waals surface area contributed by atoms with Crippen molar-refractivity contribution in [2.75, 3.05) is 19.8 Å². The highest BCUT2D eigenvalue weighted by Gasteiger charge is 2.08. The van der Waals surface area contributed by atoms with Crippen molar-refractivity contribution >= 4 is 0 Å². The Kier molecular flexibility index (Phi) is 5.35. The summed E-state index contributed by atoms with van der Waals surface area (Å²) in [6.07, 6.45) is 0. The van der Waals surface area contributed by atoms with E-state index in [4.69, 9.17) is 4.74 Å². The number of ether oxygens (including phenoxy) is 1. The Morgan fingerprint density at radius 2 is 2.06 bits per heavy atom. The van der Waals surface area contributed by atoms with E-state index in [9.17, 15) is 8.78 Å². The normalized spacial score (nSPS) is 12.8. The lowest BCUT2D eigenvalue weighted by atomic mass is 10.1. The van der Waals surface area contributed by atoms with E-state index in [0.717, 1.165) is 11.6 Å². The van der Waals surface area contributed by atoms with Crippen LogP contribution in [0.1, 0.15) is 25.5 Å². The average Bonchev–Trinajstić information content (AvgIpc) is 2.28. The van der Waals surface area contributed by atoms with Crippen LogP contribution >= 0.6 is 0 Å². The fourth-order valence-electron chi connectivity index (χ4n) is 1.39. The van der Waals surface area contributed by atoms with Crippen molar-refractivity contribution in [3.05, 3.63) is 35.4 Å². The van der Waals surface area contributed by atoms with Crippen LogP contribution in [0.25, 0.3) is 0 Å². The molecule has 2 nitrogen and oxygen atoms in total. The summed E-state index contributed by atoms with van der Waals surface area (Å²) < 4.78 is 30.8. The van der Waals surface area contributed by atoms with Gasteiger partial charge in [0.1, 0.15) is 0 Å². The van der Waals surface area contributed by atoms with E-state index in [2.05, 4.69) is 5.32 Å². The number of halogens is 2. The van der Waals surface area contributed by atoms with Crippen LogP contribution in [0, 0.1) is 11.6 Å². The summed E-state index contributed by atoms with van der Waals surface area (Å²) >= 11 is 0. The van der Waals surface area contributed by atoms with Crippen molar-refractivity contribution in [2.24, 2.45) is 0 Å². The first-order chi connectivity index (χ1) is 7.65. The molecule has 0 spiro atoms. The maximum atomic E-state index is 13.0. The molecule has 0 aromatic heterocycles. The van der Waals surface area contributed by atoms with Crippen molar-refractivity contribution < 1.29 is 13.5 Å². The minimum Gasteiger partial charge on any atom is -0.380 e. The van der Waals surface area contributed by atoms with Crippen molar-refractivity contribution in [3.8, 4) is 0 Å². The molecule has 0 aliphatic carbocycles. The molecule has 1 rings (SSSR count). The van der Waals surface area contributed by atoms with Gasteiger partial charge in [0.15, 0.2) is 11.6 Å². The third-order valence-corrected chi connectivity index (χ3v) is 2.34. The first kappa shape index (κ1) is 13.1. The summed E-state index contributed by atoms with van der Waals surface area (Å²) in [5.41, 5.74) is 0.732. The molecule has 1 unspecified atom stereocenters. The van der Waals surface area contributed by atoms with Gasteiger partial charge >= 0.3 is 0 Å². The summed E-state index contributed by atoms with van der Waals surface area (Å²) in [6, 6.07) is 3.92. The van der Waals surface area contributed by atoms with Gasteiger partial charge in [0.25, 0.3) is 0 Å². The van der Waals surface area contributed by atoms with Gasteiger partial charge in [0.2, 0.25) is 0 Å². The third kappa shape index (κ3) is 3.87. The molecular formula is C12H17F2NO. The molecule has 0 saturated heterocycles. The quantitative estimate of drug-likeness (QED) is 0.757. The van der Waals surface area contributed by atoms with E-state index in [1.807, 2.05) is 13.8 Å². The van der Waals surface area contributed by atoms with Crippen LogP contribution in [-0.4, -0.2) is 19.8 Å². The maximum Gasteiger partial charge on any atom is 0.159 e. The van der Waals surface area contributed by atoms with Crippen LogP contribution in [0.4, 0.5) is 8.78 Å². The molecule has 1 aromatic rings. The van der Waals surface area contributed by atoms with Crippen LogP contribution < -0.4 is 5.32 Å². The van der Waals surface area contributed by atoms with Crippen molar-refractivity contribution in [3.63, 3.8) is 0 Å². The van der Waals surface area contributed by atoms with Gasteiger partial charge in [-0.2, -0.15) is 0 Å². The monoisotopic (exact) mass is 229 g/mol. The van der Waals surface area contributed by atoms with Crippen LogP contribution in [0.3, 0.4) is 0 Å². The summed E-state index contributed by atoms with van der Waals surface area (Å²) in [4.78, 5) is 0.